The fourth-order valence-corrected chi connectivity index (χ4v) is 0.446. The average molecular weight is 242 g/mol. The highest BCUT2D eigenvalue weighted by Gasteiger charge is 2.04. The highest BCUT2D eigenvalue weighted by molar-refractivity contribution is 4.52. The van der Waals surface area contributed by atoms with Gasteiger partial charge >= 0.3 is 0 Å². The molecule has 0 rings (SSSR count). The highest BCUT2D eigenvalue weighted by atomic mass is 16.5. The van der Waals surface area contributed by atoms with Crippen molar-refractivity contribution in [3.63, 3.8) is 0 Å². The maximum absolute atomic E-state index is 8.72. The van der Waals surface area contributed by atoms with E-state index in [1.54, 1.807) is 0 Å². The molecule has 0 bridgehead atoms. The normalized spacial score (nSPS) is 13.5. The predicted octanol–water partition coefficient (Wildman–Crippen LogP) is -1.95. The van der Waals surface area contributed by atoms with Crippen molar-refractivity contribution in [1.82, 2.24) is 11.1 Å². The molecule has 102 valence electrons. The molecule has 0 fully saturated rings. The third-order valence-electron chi connectivity index (χ3n) is 1.04. The largest absolute Gasteiger partial charge is 0.394 e. The molecule has 0 aromatic carbocycles. The van der Waals surface area contributed by atoms with E-state index in [1.807, 2.05) is 26.0 Å². The lowest BCUT2D eigenvalue weighted by Crippen LogP contribution is -2.25. The standard InChI is InChI=1S/C6H14O5.C3H9N.H3N/c7-1-5(9)3-11-4-6(10)2-8;1-4(2)3;/h5-10H,1-4H2;1-3H3;1H3. The summed E-state index contributed by atoms with van der Waals surface area (Å²) in [5.74, 6) is 0. The van der Waals surface area contributed by atoms with Gasteiger partial charge in [-0.15, -0.1) is 0 Å². The minimum atomic E-state index is -0.916. The molecule has 0 saturated carbocycles. The van der Waals surface area contributed by atoms with Crippen molar-refractivity contribution in [2.45, 2.75) is 12.2 Å². The molecule has 7 heteroatoms. The molecule has 0 aromatic heterocycles. The quantitative estimate of drug-likeness (QED) is 0.366. The molecule has 0 amide bonds. The predicted molar refractivity (Wildman–Crippen MR) is 61.6 cm³/mol. The van der Waals surface area contributed by atoms with Crippen molar-refractivity contribution in [2.24, 2.45) is 0 Å². The van der Waals surface area contributed by atoms with Crippen LogP contribution in [0, 0.1) is 0 Å². The van der Waals surface area contributed by atoms with Crippen molar-refractivity contribution in [2.75, 3.05) is 47.6 Å². The third-order valence-corrected chi connectivity index (χ3v) is 1.04. The van der Waals surface area contributed by atoms with E-state index in [-0.39, 0.29) is 32.6 Å². The van der Waals surface area contributed by atoms with Crippen LogP contribution in [-0.2, 0) is 4.74 Å². The van der Waals surface area contributed by atoms with Crippen LogP contribution in [0.5, 0.6) is 0 Å². The first-order valence-corrected chi connectivity index (χ1v) is 4.70. The number of nitrogens with zero attached hydrogens (tertiary/aromatic N) is 1. The lowest BCUT2D eigenvalue weighted by Gasteiger charge is -2.10. The number of aliphatic hydroxyl groups excluding tert-OH is 4. The van der Waals surface area contributed by atoms with E-state index in [0.717, 1.165) is 0 Å². The summed E-state index contributed by atoms with van der Waals surface area (Å²) >= 11 is 0. The summed E-state index contributed by atoms with van der Waals surface area (Å²) in [7, 11) is 6.00. The number of ether oxygens (including phenoxy) is 1. The average Bonchev–Trinajstić information content (AvgIpc) is 2.16. The number of aliphatic hydroxyl groups is 4. The Labute approximate surface area is 96.9 Å². The van der Waals surface area contributed by atoms with Gasteiger partial charge < -0.3 is 36.2 Å². The summed E-state index contributed by atoms with van der Waals surface area (Å²) in [6.07, 6.45) is -1.83. The summed E-state index contributed by atoms with van der Waals surface area (Å²) in [6, 6.07) is 0. The van der Waals surface area contributed by atoms with Gasteiger partial charge in [-0.25, -0.2) is 0 Å². The van der Waals surface area contributed by atoms with Crippen molar-refractivity contribution in [3.05, 3.63) is 0 Å². The molecular formula is C9H26N2O5. The molecule has 0 heterocycles. The minimum Gasteiger partial charge on any atom is -0.394 e. The lowest BCUT2D eigenvalue weighted by atomic mass is 10.4. The van der Waals surface area contributed by atoms with E-state index >= 15 is 0 Å². The number of hydrogen-bond acceptors (Lipinski definition) is 7. The molecule has 0 aliphatic rings. The van der Waals surface area contributed by atoms with E-state index in [4.69, 9.17) is 25.2 Å². The second-order valence-electron chi connectivity index (χ2n) is 3.55. The zero-order valence-electron chi connectivity index (χ0n) is 10.3. The van der Waals surface area contributed by atoms with Crippen molar-refractivity contribution in [3.8, 4) is 0 Å². The molecule has 16 heavy (non-hydrogen) atoms. The molecule has 0 spiro atoms. The van der Waals surface area contributed by atoms with E-state index in [2.05, 4.69) is 0 Å². The molecule has 2 atom stereocenters. The van der Waals surface area contributed by atoms with Crippen LogP contribution in [0.3, 0.4) is 0 Å². The summed E-state index contributed by atoms with van der Waals surface area (Å²) in [4.78, 5) is 2.00. The van der Waals surface area contributed by atoms with Crippen molar-refractivity contribution >= 4 is 0 Å². The first-order valence-electron chi connectivity index (χ1n) is 4.70. The van der Waals surface area contributed by atoms with Gasteiger partial charge in [-0.2, -0.15) is 0 Å². The fraction of sp³-hybridized carbons (Fsp3) is 1.00. The minimum absolute atomic E-state index is 0. The van der Waals surface area contributed by atoms with Gasteiger partial charge in [0.05, 0.1) is 26.4 Å². The molecule has 0 aliphatic heterocycles. The zero-order chi connectivity index (χ0) is 12.3. The Morgan fingerprint density at radius 3 is 1.38 bits per heavy atom. The summed E-state index contributed by atoms with van der Waals surface area (Å²) < 4.78 is 4.72. The Bertz CT molecular complexity index is 114. The monoisotopic (exact) mass is 242 g/mol. The fourth-order valence-electron chi connectivity index (χ4n) is 0.446. The molecular weight excluding hydrogens is 216 g/mol. The van der Waals surface area contributed by atoms with Crippen molar-refractivity contribution < 1.29 is 25.2 Å². The van der Waals surface area contributed by atoms with Gasteiger partial charge in [0.25, 0.3) is 0 Å². The first-order chi connectivity index (χ1) is 6.93. The Balaban J connectivity index is -0.000000292. The van der Waals surface area contributed by atoms with Crippen LogP contribution >= 0.6 is 0 Å². The molecule has 0 radical (unpaired) electrons. The molecule has 0 aromatic rings. The summed E-state index contributed by atoms with van der Waals surface area (Å²) in [5.41, 5.74) is 0. The van der Waals surface area contributed by atoms with E-state index in [0.29, 0.717) is 0 Å². The van der Waals surface area contributed by atoms with Crippen LogP contribution in [0.2, 0.25) is 0 Å². The van der Waals surface area contributed by atoms with Gasteiger partial charge in [0, 0.05) is 0 Å². The number of rotatable bonds is 6. The van der Waals surface area contributed by atoms with Crippen LogP contribution in [-0.4, -0.2) is 85.1 Å². The second kappa shape index (κ2) is 14.7. The van der Waals surface area contributed by atoms with Crippen LogP contribution in [0.15, 0.2) is 0 Å². The second-order valence-corrected chi connectivity index (χ2v) is 3.55. The number of hydrogen-bond donors (Lipinski definition) is 5. The van der Waals surface area contributed by atoms with E-state index in [9.17, 15) is 0 Å². The van der Waals surface area contributed by atoms with E-state index < -0.39 is 12.2 Å². The van der Waals surface area contributed by atoms with Gasteiger partial charge in [-0.3, -0.25) is 0 Å². The summed E-state index contributed by atoms with van der Waals surface area (Å²) in [6.45, 7) is -0.800. The maximum Gasteiger partial charge on any atom is 0.100 e. The summed E-state index contributed by atoms with van der Waals surface area (Å²) in [5, 5.41) is 34.1. The Kier molecular flexibility index (Phi) is 19.4. The van der Waals surface area contributed by atoms with Crippen LogP contribution < -0.4 is 6.15 Å². The van der Waals surface area contributed by atoms with Gasteiger partial charge in [0.1, 0.15) is 12.2 Å². The maximum atomic E-state index is 8.72. The van der Waals surface area contributed by atoms with E-state index in [1.165, 1.54) is 0 Å². The molecule has 2 unspecified atom stereocenters. The van der Waals surface area contributed by atoms with Gasteiger partial charge in [0.15, 0.2) is 0 Å². The molecule has 0 aliphatic carbocycles. The smallest absolute Gasteiger partial charge is 0.100 e. The Morgan fingerprint density at radius 1 is 0.938 bits per heavy atom. The third kappa shape index (κ3) is 23.5. The zero-order valence-corrected chi connectivity index (χ0v) is 10.3. The SMILES string of the molecule is CN(C)C.N.OCC(O)COCC(O)CO. The topological polar surface area (TPSA) is 128 Å². The molecule has 0 saturated heterocycles. The molecule has 7 nitrogen and oxygen atoms in total. The van der Waals surface area contributed by atoms with Gasteiger partial charge in [-0.05, 0) is 21.1 Å². The Morgan fingerprint density at radius 2 is 1.19 bits per heavy atom. The highest BCUT2D eigenvalue weighted by Crippen LogP contribution is 1.87. The van der Waals surface area contributed by atoms with Gasteiger partial charge in [0.2, 0.25) is 0 Å². The lowest BCUT2D eigenvalue weighted by molar-refractivity contribution is -0.0364. The van der Waals surface area contributed by atoms with Crippen LogP contribution in [0.25, 0.3) is 0 Å². The first kappa shape index (κ1) is 21.1. The van der Waals surface area contributed by atoms with Crippen LogP contribution in [0.1, 0.15) is 0 Å². The van der Waals surface area contributed by atoms with Crippen LogP contribution in [0.4, 0.5) is 0 Å². The molecule has 7 N–H and O–H groups in total. The Hall–Kier alpha value is -0.280. The van der Waals surface area contributed by atoms with Crippen molar-refractivity contribution in [1.29, 1.82) is 0 Å². The van der Waals surface area contributed by atoms with Gasteiger partial charge in [-0.1, -0.05) is 0 Å².